The summed E-state index contributed by atoms with van der Waals surface area (Å²) in [4.78, 5) is 5.41. The van der Waals surface area contributed by atoms with Gasteiger partial charge in [0, 0.05) is 27.8 Å². The third kappa shape index (κ3) is 2.18. The number of para-hydroxylation sites is 1. The van der Waals surface area contributed by atoms with Crippen LogP contribution in [0.1, 0.15) is 0 Å². The highest BCUT2D eigenvalue weighted by Gasteiger charge is 2.11. The highest BCUT2D eigenvalue weighted by Crippen LogP contribution is 2.29. The van der Waals surface area contributed by atoms with Crippen molar-refractivity contribution in [3.8, 4) is 11.3 Å². The molecule has 3 nitrogen and oxygen atoms in total. The number of benzene rings is 2. The Bertz CT molecular complexity index is 814. The van der Waals surface area contributed by atoms with Gasteiger partial charge in [-0.2, -0.15) is 0 Å². The number of hydrogen-bond donors (Lipinski definition) is 1. The molecule has 0 spiro atoms. The molecule has 1 heterocycles. The number of nitrogens with zero attached hydrogens (tertiary/aromatic N) is 1. The lowest BCUT2D eigenvalue weighted by molar-refractivity contribution is 0.687. The average molecular weight is 282 g/mol. The van der Waals surface area contributed by atoms with Crippen molar-refractivity contribution in [2.75, 3.05) is 12.0 Å². The molecule has 4 heteroatoms. The normalized spacial score (nSPS) is 12.4. The predicted molar refractivity (Wildman–Crippen MR) is 83.9 cm³/mol. The second kappa shape index (κ2) is 5.06. The van der Waals surface area contributed by atoms with Crippen LogP contribution in [-0.4, -0.2) is 15.4 Å². The van der Waals surface area contributed by atoms with E-state index in [1.54, 1.807) is 6.26 Å². The van der Waals surface area contributed by atoms with Gasteiger partial charge >= 0.3 is 0 Å². The molecule has 20 heavy (non-hydrogen) atoms. The number of fused-ring (bicyclic) bond motifs is 1. The molecule has 0 aliphatic carbocycles. The van der Waals surface area contributed by atoms with Crippen LogP contribution in [0.4, 0.5) is 5.69 Å². The average Bonchev–Trinajstić information content (AvgIpc) is 2.47. The largest absolute Gasteiger partial charge is 0.398 e. The second-order valence-electron chi connectivity index (χ2n) is 4.56. The number of aromatic nitrogens is 1. The fourth-order valence-corrected chi connectivity index (χ4v) is 3.02. The van der Waals surface area contributed by atoms with E-state index in [-0.39, 0.29) is 0 Å². The summed E-state index contributed by atoms with van der Waals surface area (Å²) in [7, 11) is -1.06. The number of hydrogen-bond acceptors (Lipinski definition) is 3. The Morgan fingerprint density at radius 1 is 1.05 bits per heavy atom. The Balaban J connectivity index is 2.28. The third-order valence-electron chi connectivity index (χ3n) is 3.22. The minimum atomic E-state index is -1.06. The van der Waals surface area contributed by atoms with Crippen LogP contribution in [0.5, 0.6) is 0 Å². The van der Waals surface area contributed by atoms with Crippen LogP contribution in [0, 0.1) is 0 Å². The van der Waals surface area contributed by atoms with Gasteiger partial charge in [0.1, 0.15) is 0 Å². The van der Waals surface area contributed by atoms with Crippen LogP contribution in [0.3, 0.4) is 0 Å². The summed E-state index contributed by atoms with van der Waals surface area (Å²) >= 11 is 0. The Morgan fingerprint density at radius 2 is 1.75 bits per heavy atom. The summed E-state index contributed by atoms with van der Waals surface area (Å²) in [6.45, 7) is 0. The Labute approximate surface area is 119 Å². The van der Waals surface area contributed by atoms with Gasteiger partial charge in [-0.15, -0.1) is 0 Å². The maximum atomic E-state index is 11.8. The van der Waals surface area contributed by atoms with Gasteiger partial charge in [0.05, 0.1) is 22.0 Å². The van der Waals surface area contributed by atoms with E-state index >= 15 is 0 Å². The molecule has 0 aliphatic rings. The monoisotopic (exact) mass is 282 g/mol. The van der Waals surface area contributed by atoms with Crippen molar-refractivity contribution in [1.82, 2.24) is 4.98 Å². The first-order valence-electron chi connectivity index (χ1n) is 6.25. The first-order valence-corrected chi connectivity index (χ1v) is 7.81. The van der Waals surface area contributed by atoms with Gasteiger partial charge in [0.15, 0.2) is 0 Å². The van der Waals surface area contributed by atoms with E-state index in [0.29, 0.717) is 5.69 Å². The number of nitrogen functional groups attached to an aromatic ring is 1. The first kappa shape index (κ1) is 12.8. The summed E-state index contributed by atoms with van der Waals surface area (Å²) in [6, 6.07) is 17.2. The second-order valence-corrected chi connectivity index (χ2v) is 5.91. The standard InChI is InChI=1S/C16H14N2OS/c1-20(19)16-9-5-3-7-12(16)15-10-13(17)11-6-2-4-8-14(11)18-15/h2-10H,1H3,(H2,17,18)/t20-/m0/s1. The molecular formula is C16H14N2OS. The maximum absolute atomic E-state index is 11.8. The van der Waals surface area contributed by atoms with E-state index in [1.807, 2.05) is 54.6 Å². The molecule has 0 amide bonds. The van der Waals surface area contributed by atoms with Crippen LogP contribution >= 0.6 is 0 Å². The minimum Gasteiger partial charge on any atom is -0.398 e. The lowest BCUT2D eigenvalue weighted by atomic mass is 10.1. The Hall–Kier alpha value is -2.20. The molecule has 2 aromatic carbocycles. The zero-order chi connectivity index (χ0) is 14.1. The number of nitrogens with two attached hydrogens (primary N) is 1. The highest BCUT2D eigenvalue weighted by atomic mass is 32.2. The fourth-order valence-electron chi connectivity index (χ4n) is 2.27. The van der Waals surface area contributed by atoms with Crippen molar-refractivity contribution in [1.29, 1.82) is 0 Å². The molecule has 1 aromatic heterocycles. The third-order valence-corrected chi connectivity index (χ3v) is 4.20. The quantitative estimate of drug-likeness (QED) is 0.785. The van der Waals surface area contributed by atoms with Crippen LogP contribution in [0.25, 0.3) is 22.2 Å². The van der Waals surface area contributed by atoms with Crippen LogP contribution < -0.4 is 5.73 Å². The zero-order valence-electron chi connectivity index (χ0n) is 11.0. The van der Waals surface area contributed by atoms with E-state index in [2.05, 4.69) is 4.98 Å². The van der Waals surface area contributed by atoms with Crippen molar-refractivity contribution in [3.05, 3.63) is 54.6 Å². The molecule has 3 rings (SSSR count). The minimum absolute atomic E-state index is 0.683. The zero-order valence-corrected chi connectivity index (χ0v) is 11.9. The van der Waals surface area contributed by atoms with Gasteiger partial charge in [-0.05, 0) is 18.2 Å². The molecule has 1 atom stereocenters. The maximum Gasteiger partial charge on any atom is 0.0742 e. The molecule has 0 radical (unpaired) electrons. The fraction of sp³-hybridized carbons (Fsp3) is 0.0625. The van der Waals surface area contributed by atoms with Gasteiger partial charge in [-0.3, -0.25) is 4.21 Å². The van der Waals surface area contributed by atoms with Crippen molar-refractivity contribution < 1.29 is 4.21 Å². The molecule has 0 saturated carbocycles. The summed E-state index contributed by atoms with van der Waals surface area (Å²) in [5.41, 5.74) is 9.26. The smallest absolute Gasteiger partial charge is 0.0742 e. The topological polar surface area (TPSA) is 56.0 Å². The molecule has 0 unspecified atom stereocenters. The highest BCUT2D eigenvalue weighted by molar-refractivity contribution is 7.84. The number of rotatable bonds is 2. The Kier molecular flexibility index (Phi) is 3.24. The van der Waals surface area contributed by atoms with Crippen molar-refractivity contribution in [2.24, 2.45) is 0 Å². The molecular weight excluding hydrogens is 268 g/mol. The lowest BCUT2D eigenvalue weighted by Gasteiger charge is -2.09. The van der Waals surface area contributed by atoms with Gasteiger partial charge in [0.2, 0.25) is 0 Å². The molecule has 3 aromatic rings. The molecule has 2 N–H and O–H groups in total. The van der Waals surface area contributed by atoms with E-state index < -0.39 is 10.8 Å². The first-order chi connectivity index (χ1) is 9.66. The van der Waals surface area contributed by atoms with Crippen molar-refractivity contribution >= 4 is 27.4 Å². The number of pyridine rings is 1. The van der Waals surface area contributed by atoms with Crippen LogP contribution in [0.15, 0.2) is 59.5 Å². The van der Waals surface area contributed by atoms with Crippen molar-refractivity contribution in [2.45, 2.75) is 4.90 Å². The summed E-state index contributed by atoms with van der Waals surface area (Å²) in [5, 5.41) is 0.936. The van der Waals surface area contributed by atoms with Gasteiger partial charge in [-0.25, -0.2) is 4.98 Å². The van der Waals surface area contributed by atoms with Gasteiger partial charge < -0.3 is 5.73 Å². The lowest BCUT2D eigenvalue weighted by Crippen LogP contribution is -1.96. The molecule has 0 aliphatic heterocycles. The summed E-state index contributed by atoms with van der Waals surface area (Å²) < 4.78 is 11.8. The number of anilines is 1. The van der Waals surface area contributed by atoms with Crippen LogP contribution in [0.2, 0.25) is 0 Å². The van der Waals surface area contributed by atoms with E-state index in [1.165, 1.54) is 0 Å². The molecule has 0 saturated heterocycles. The van der Waals surface area contributed by atoms with Gasteiger partial charge in [0.25, 0.3) is 0 Å². The summed E-state index contributed by atoms with van der Waals surface area (Å²) in [5.74, 6) is 0. The molecule has 0 fully saturated rings. The van der Waals surface area contributed by atoms with Gasteiger partial charge in [-0.1, -0.05) is 36.4 Å². The SMILES string of the molecule is C[S@](=O)c1ccccc1-c1cc(N)c2ccccc2n1. The Morgan fingerprint density at radius 3 is 2.55 bits per heavy atom. The van der Waals surface area contributed by atoms with E-state index in [9.17, 15) is 4.21 Å². The van der Waals surface area contributed by atoms with Crippen molar-refractivity contribution in [3.63, 3.8) is 0 Å². The molecule has 100 valence electrons. The predicted octanol–water partition coefficient (Wildman–Crippen LogP) is 3.22. The van der Waals surface area contributed by atoms with Crippen LogP contribution in [-0.2, 0) is 10.8 Å². The van der Waals surface area contributed by atoms with E-state index in [0.717, 1.165) is 27.1 Å². The summed E-state index contributed by atoms with van der Waals surface area (Å²) in [6.07, 6.45) is 1.67. The molecule has 0 bridgehead atoms. The van der Waals surface area contributed by atoms with E-state index in [4.69, 9.17) is 5.73 Å².